The maximum absolute atomic E-state index is 10.5. The van der Waals surface area contributed by atoms with E-state index in [0.717, 1.165) is 0 Å². The van der Waals surface area contributed by atoms with E-state index in [-0.39, 0.29) is 5.69 Å². The van der Waals surface area contributed by atoms with Gasteiger partial charge in [-0.25, -0.2) is 4.68 Å². The molecule has 17 heavy (non-hydrogen) atoms. The second-order valence-corrected chi connectivity index (χ2v) is 3.54. The zero-order valence-corrected chi connectivity index (χ0v) is 9.02. The molecule has 0 aliphatic heterocycles. The molecule has 0 saturated carbocycles. The summed E-state index contributed by atoms with van der Waals surface area (Å²) >= 11 is 0. The van der Waals surface area contributed by atoms with Crippen molar-refractivity contribution in [2.24, 2.45) is 0 Å². The Kier molecular flexibility index (Phi) is 2.84. The zero-order valence-electron chi connectivity index (χ0n) is 9.02. The SMILES string of the molecule is CC(O)c1cn(-c2ccc([N+](=O)[O-])cc2)nn1. The summed E-state index contributed by atoms with van der Waals surface area (Å²) in [6, 6.07) is 5.91. The number of benzene rings is 1. The predicted molar refractivity (Wildman–Crippen MR) is 58.6 cm³/mol. The molecule has 1 aromatic carbocycles. The summed E-state index contributed by atoms with van der Waals surface area (Å²) in [5, 5.41) is 27.4. The number of rotatable bonds is 3. The lowest BCUT2D eigenvalue weighted by Gasteiger charge is -1.99. The lowest BCUT2D eigenvalue weighted by molar-refractivity contribution is -0.384. The number of non-ortho nitro benzene ring substituents is 1. The minimum Gasteiger partial charge on any atom is -0.387 e. The van der Waals surface area contributed by atoms with Gasteiger partial charge in [0.2, 0.25) is 0 Å². The molecule has 0 radical (unpaired) electrons. The molecule has 88 valence electrons. The van der Waals surface area contributed by atoms with Crippen LogP contribution in [0.2, 0.25) is 0 Å². The number of aliphatic hydroxyl groups is 1. The van der Waals surface area contributed by atoms with E-state index in [9.17, 15) is 15.2 Å². The first-order valence-corrected chi connectivity index (χ1v) is 4.93. The van der Waals surface area contributed by atoms with E-state index in [2.05, 4.69) is 10.3 Å². The van der Waals surface area contributed by atoms with Crippen LogP contribution >= 0.6 is 0 Å². The molecular weight excluding hydrogens is 224 g/mol. The Labute approximate surface area is 96.5 Å². The van der Waals surface area contributed by atoms with Crippen LogP contribution in [0.5, 0.6) is 0 Å². The third-order valence-corrected chi connectivity index (χ3v) is 2.26. The highest BCUT2D eigenvalue weighted by Crippen LogP contribution is 2.15. The summed E-state index contributed by atoms with van der Waals surface area (Å²) in [6.07, 6.45) is 0.882. The van der Waals surface area contributed by atoms with E-state index >= 15 is 0 Å². The molecule has 1 N–H and O–H groups in total. The highest BCUT2D eigenvalue weighted by atomic mass is 16.6. The number of hydrogen-bond acceptors (Lipinski definition) is 5. The van der Waals surface area contributed by atoms with Gasteiger partial charge in [0, 0.05) is 12.1 Å². The van der Waals surface area contributed by atoms with Crippen LogP contribution in [0.25, 0.3) is 5.69 Å². The van der Waals surface area contributed by atoms with Crippen molar-refractivity contribution in [3.63, 3.8) is 0 Å². The van der Waals surface area contributed by atoms with Gasteiger partial charge in [-0.05, 0) is 19.1 Å². The van der Waals surface area contributed by atoms with Gasteiger partial charge in [-0.3, -0.25) is 10.1 Å². The van der Waals surface area contributed by atoms with Gasteiger partial charge in [0.15, 0.2) is 0 Å². The van der Waals surface area contributed by atoms with Gasteiger partial charge in [0.05, 0.1) is 22.9 Å². The van der Waals surface area contributed by atoms with Gasteiger partial charge >= 0.3 is 0 Å². The largest absolute Gasteiger partial charge is 0.387 e. The van der Waals surface area contributed by atoms with Crippen LogP contribution in [-0.2, 0) is 0 Å². The molecule has 0 amide bonds. The van der Waals surface area contributed by atoms with Gasteiger partial charge in [-0.15, -0.1) is 5.10 Å². The summed E-state index contributed by atoms with van der Waals surface area (Å²) in [7, 11) is 0. The van der Waals surface area contributed by atoms with Crippen LogP contribution in [0, 0.1) is 10.1 Å². The molecule has 1 aromatic heterocycles. The van der Waals surface area contributed by atoms with Gasteiger partial charge in [0.1, 0.15) is 5.69 Å². The Balaban J connectivity index is 2.30. The van der Waals surface area contributed by atoms with Crippen LogP contribution in [-0.4, -0.2) is 25.0 Å². The first kappa shape index (κ1) is 11.2. The van der Waals surface area contributed by atoms with Gasteiger partial charge in [0.25, 0.3) is 5.69 Å². The summed E-state index contributed by atoms with van der Waals surface area (Å²) in [5.74, 6) is 0. The normalized spacial score (nSPS) is 12.4. The molecule has 7 nitrogen and oxygen atoms in total. The maximum Gasteiger partial charge on any atom is 0.269 e. The minimum atomic E-state index is -0.693. The van der Waals surface area contributed by atoms with Crippen LogP contribution in [0.15, 0.2) is 30.5 Å². The van der Waals surface area contributed by atoms with E-state index in [1.807, 2.05) is 0 Å². The summed E-state index contributed by atoms with van der Waals surface area (Å²) in [4.78, 5) is 10.0. The Morgan fingerprint density at radius 3 is 2.53 bits per heavy atom. The van der Waals surface area contributed by atoms with Crippen molar-refractivity contribution < 1.29 is 10.0 Å². The molecule has 0 bridgehead atoms. The number of hydrogen-bond donors (Lipinski definition) is 1. The topological polar surface area (TPSA) is 94.1 Å². The Bertz CT molecular complexity index is 533. The summed E-state index contributed by atoms with van der Waals surface area (Å²) in [6.45, 7) is 1.59. The second-order valence-electron chi connectivity index (χ2n) is 3.54. The van der Waals surface area contributed by atoms with Crippen LogP contribution in [0.3, 0.4) is 0 Å². The van der Waals surface area contributed by atoms with Crippen molar-refractivity contribution in [1.82, 2.24) is 15.0 Å². The predicted octanol–water partition coefficient (Wildman–Crippen LogP) is 1.23. The molecule has 0 fully saturated rings. The van der Waals surface area contributed by atoms with Crippen molar-refractivity contribution in [2.75, 3.05) is 0 Å². The smallest absolute Gasteiger partial charge is 0.269 e. The minimum absolute atomic E-state index is 0.0182. The van der Waals surface area contributed by atoms with Crippen LogP contribution in [0.4, 0.5) is 5.69 Å². The third kappa shape index (κ3) is 2.28. The summed E-state index contributed by atoms with van der Waals surface area (Å²) in [5.41, 5.74) is 1.11. The fourth-order valence-corrected chi connectivity index (χ4v) is 1.32. The highest BCUT2D eigenvalue weighted by Gasteiger charge is 2.09. The summed E-state index contributed by atoms with van der Waals surface area (Å²) < 4.78 is 1.45. The fraction of sp³-hybridized carbons (Fsp3) is 0.200. The highest BCUT2D eigenvalue weighted by molar-refractivity contribution is 5.40. The number of nitro groups is 1. The first-order valence-electron chi connectivity index (χ1n) is 4.93. The number of nitrogens with zero attached hydrogens (tertiary/aromatic N) is 4. The number of aromatic nitrogens is 3. The lowest BCUT2D eigenvalue weighted by atomic mass is 10.3. The van der Waals surface area contributed by atoms with E-state index in [0.29, 0.717) is 11.4 Å². The number of nitro benzene ring substituents is 1. The molecule has 0 spiro atoms. The third-order valence-electron chi connectivity index (χ3n) is 2.26. The van der Waals surface area contributed by atoms with Gasteiger partial charge in [-0.1, -0.05) is 5.21 Å². The van der Waals surface area contributed by atoms with Gasteiger partial charge < -0.3 is 5.11 Å². The lowest BCUT2D eigenvalue weighted by Crippen LogP contribution is -1.95. The first-order chi connectivity index (χ1) is 8.08. The monoisotopic (exact) mass is 234 g/mol. The van der Waals surface area contributed by atoms with E-state index in [1.165, 1.54) is 16.8 Å². The van der Waals surface area contributed by atoms with E-state index in [4.69, 9.17) is 0 Å². The molecule has 2 rings (SSSR count). The molecule has 1 unspecified atom stereocenters. The van der Waals surface area contributed by atoms with Gasteiger partial charge in [-0.2, -0.15) is 0 Å². The quantitative estimate of drug-likeness (QED) is 0.636. The average molecular weight is 234 g/mol. The van der Waals surface area contributed by atoms with Crippen LogP contribution < -0.4 is 0 Å². The van der Waals surface area contributed by atoms with Crippen molar-refractivity contribution in [3.05, 3.63) is 46.3 Å². The van der Waals surface area contributed by atoms with Crippen LogP contribution in [0.1, 0.15) is 18.7 Å². The van der Waals surface area contributed by atoms with Crippen molar-refractivity contribution in [3.8, 4) is 5.69 Å². The van der Waals surface area contributed by atoms with E-state index in [1.54, 1.807) is 25.3 Å². The molecule has 2 aromatic rings. The molecule has 0 saturated heterocycles. The maximum atomic E-state index is 10.5. The standard InChI is InChI=1S/C10H10N4O3/c1-7(15)10-6-13(12-11-10)8-2-4-9(5-3-8)14(16)17/h2-7,15H,1H3. The van der Waals surface area contributed by atoms with Crippen molar-refractivity contribution in [2.45, 2.75) is 13.0 Å². The fourth-order valence-electron chi connectivity index (χ4n) is 1.32. The Morgan fingerprint density at radius 2 is 2.06 bits per heavy atom. The van der Waals surface area contributed by atoms with Crippen molar-refractivity contribution in [1.29, 1.82) is 0 Å². The van der Waals surface area contributed by atoms with Crippen molar-refractivity contribution >= 4 is 5.69 Å². The molecule has 1 atom stereocenters. The zero-order chi connectivity index (χ0) is 12.4. The second kappa shape index (κ2) is 4.30. The Hall–Kier alpha value is -2.28. The number of aliphatic hydroxyl groups excluding tert-OH is 1. The molecule has 7 heteroatoms. The molecular formula is C10H10N4O3. The Morgan fingerprint density at radius 1 is 1.41 bits per heavy atom. The molecule has 0 aliphatic rings. The molecule has 0 aliphatic carbocycles. The molecule has 1 heterocycles. The average Bonchev–Trinajstić information content (AvgIpc) is 2.78. The van der Waals surface area contributed by atoms with E-state index < -0.39 is 11.0 Å².